The topological polar surface area (TPSA) is 49.3 Å². The van der Waals surface area contributed by atoms with Gasteiger partial charge in [0.15, 0.2) is 0 Å². The lowest BCUT2D eigenvalue weighted by Crippen LogP contribution is -2.36. The number of amides is 1. The number of rotatable bonds is 5. The molecule has 20 heavy (non-hydrogen) atoms. The van der Waals surface area contributed by atoms with Crippen molar-refractivity contribution in [2.24, 2.45) is 0 Å². The molecule has 1 fully saturated rings. The molecule has 1 aromatic rings. The Balaban J connectivity index is 1.79. The third-order valence-electron chi connectivity index (χ3n) is 4.28. The van der Waals surface area contributed by atoms with Gasteiger partial charge in [-0.05, 0) is 31.2 Å². The molecular weight excluding hydrogens is 250 g/mol. The first-order valence-corrected chi connectivity index (χ1v) is 7.54. The molecule has 0 aromatic heterocycles. The second kappa shape index (κ2) is 6.40. The normalized spacial score (nSPS) is 18.8. The lowest BCUT2D eigenvalue weighted by molar-refractivity contribution is -0.125. The number of carbonyl (C=O) groups excluding carboxylic acids is 1. The Morgan fingerprint density at radius 2 is 1.90 bits per heavy atom. The molecule has 1 aromatic carbocycles. The number of aliphatic hydroxyl groups is 1. The zero-order chi connectivity index (χ0) is 14.6. The van der Waals surface area contributed by atoms with Crippen LogP contribution in [-0.2, 0) is 4.79 Å². The predicted octanol–water partition coefficient (Wildman–Crippen LogP) is 2.91. The SMILES string of the molecule is Cc1ccc(C(C)CNC(=O)CC2(O)CCCC2)cc1. The molecule has 3 heteroatoms. The summed E-state index contributed by atoms with van der Waals surface area (Å²) in [5, 5.41) is 13.2. The maximum atomic E-state index is 11.9. The number of nitrogens with one attached hydrogen (secondary N) is 1. The monoisotopic (exact) mass is 275 g/mol. The molecule has 0 radical (unpaired) electrons. The summed E-state index contributed by atoms with van der Waals surface area (Å²) in [6.45, 7) is 4.80. The average molecular weight is 275 g/mol. The Bertz CT molecular complexity index is 447. The van der Waals surface area contributed by atoms with E-state index in [0.29, 0.717) is 6.54 Å². The molecule has 2 N–H and O–H groups in total. The van der Waals surface area contributed by atoms with Crippen molar-refractivity contribution in [2.45, 2.75) is 57.5 Å². The van der Waals surface area contributed by atoms with E-state index in [1.54, 1.807) is 0 Å². The first-order valence-electron chi connectivity index (χ1n) is 7.54. The molecule has 110 valence electrons. The summed E-state index contributed by atoms with van der Waals surface area (Å²) >= 11 is 0. The maximum Gasteiger partial charge on any atom is 0.222 e. The van der Waals surface area contributed by atoms with Crippen molar-refractivity contribution in [3.8, 4) is 0 Å². The van der Waals surface area contributed by atoms with Gasteiger partial charge in [0, 0.05) is 6.54 Å². The molecule has 1 amide bonds. The third-order valence-corrected chi connectivity index (χ3v) is 4.28. The highest BCUT2D eigenvalue weighted by Gasteiger charge is 2.33. The standard InChI is InChI=1S/C17H25NO2/c1-13-5-7-15(8-6-13)14(2)12-18-16(19)11-17(20)9-3-4-10-17/h5-8,14,20H,3-4,9-12H2,1-2H3,(H,18,19). The largest absolute Gasteiger partial charge is 0.389 e. The Labute approximate surface area is 121 Å². The molecule has 0 bridgehead atoms. The lowest BCUT2D eigenvalue weighted by atomic mass is 9.97. The minimum atomic E-state index is -0.753. The highest BCUT2D eigenvalue weighted by molar-refractivity contribution is 5.77. The number of aryl methyl sites for hydroxylation is 1. The van der Waals surface area contributed by atoms with Gasteiger partial charge in [0.05, 0.1) is 12.0 Å². The van der Waals surface area contributed by atoms with Crippen LogP contribution in [0.1, 0.15) is 56.1 Å². The molecule has 1 aliphatic carbocycles. The van der Waals surface area contributed by atoms with Crippen LogP contribution in [-0.4, -0.2) is 23.2 Å². The van der Waals surface area contributed by atoms with Gasteiger partial charge >= 0.3 is 0 Å². The van der Waals surface area contributed by atoms with Crippen LogP contribution in [0.15, 0.2) is 24.3 Å². The van der Waals surface area contributed by atoms with Gasteiger partial charge in [-0.2, -0.15) is 0 Å². The Morgan fingerprint density at radius 3 is 2.50 bits per heavy atom. The molecule has 1 unspecified atom stereocenters. The summed E-state index contributed by atoms with van der Waals surface area (Å²) in [6.07, 6.45) is 3.82. The average Bonchev–Trinajstić information content (AvgIpc) is 2.83. The smallest absolute Gasteiger partial charge is 0.222 e. The molecule has 0 spiro atoms. The zero-order valence-electron chi connectivity index (χ0n) is 12.5. The Morgan fingerprint density at radius 1 is 1.30 bits per heavy atom. The van der Waals surface area contributed by atoms with Crippen molar-refractivity contribution < 1.29 is 9.90 Å². The highest BCUT2D eigenvalue weighted by atomic mass is 16.3. The summed E-state index contributed by atoms with van der Waals surface area (Å²) in [4.78, 5) is 11.9. The number of hydrogen-bond donors (Lipinski definition) is 2. The van der Waals surface area contributed by atoms with Gasteiger partial charge in [-0.15, -0.1) is 0 Å². The zero-order valence-corrected chi connectivity index (χ0v) is 12.5. The van der Waals surface area contributed by atoms with E-state index in [1.165, 1.54) is 11.1 Å². The van der Waals surface area contributed by atoms with E-state index in [4.69, 9.17) is 0 Å². The van der Waals surface area contributed by atoms with Gasteiger partial charge in [0.2, 0.25) is 5.91 Å². The van der Waals surface area contributed by atoms with Crippen LogP contribution in [0.4, 0.5) is 0 Å². The van der Waals surface area contributed by atoms with Crippen LogP contribution in [0.2, 0.25) is 0 Å². The fraction of sp³-hybridized carbons (Fsp3) is 0.588. The fourth-order valence-corrected chi connectivity index (χ4v) is 2.85. The van der Waals surface area contributed by atoms with Gasteiger partial charge < -0.3 is 10.4 Å². The van der Waals surface area contributed by atoms with E-state index in [1.807, 2.05) is 0 Å². The summed E-state index contributed by atoms with van der Waals surface area (Å²) in [7, 11) is 0. The van der Waals surface area contributed by atoms with Gasteiger partial charge in [0.25, 0.3) is 0 Å². The first-order chi connectivity index (χ1) is 9.48. The summed E-state index contributed by atoms with van der Waals surface area (Å²) in [5.41, 5.74) is 1.72. The quantitative estimate of drug-likeness (QED) is 0.868. The van der Waals surface area contributed by atoms with Crippen molar-refractivity contribution >= 4 is 5.91 Å². The maximum absolute atomic E-state index is 11.9. The first kappa shape index (κ1) is 15.0. The summed E-state index contributed by atoms with van der Waals surface area (Å²) in [6, 6.07) is 8.40. The van der Waals surface area contributed by atoms with Crippen molar-refractivity contribution in [2.75, 3.05) is 6.54 Å². The van der Waals surface area contributed by atoms with E-state index in [9.17, 15) is 9.90 Å². The van der Waals surface area contributed by atoms with E-state index in [0.717, 1.165) is 25.7 Å². The Kier molecular flexibility index (Phi) is 4.81. The highest BCUT2D eigenvalue weighted by Crippen LogP contribution is 2.32. The van der Waals surface area contributed by atoms with Crippen LogP contribution in [0.25, 0.3) is 0 Å². The van der Waals surface area contributed by atoms with Crippen LogP contribution in [0.3, 0.4) is 0 Å². The van der Waals surface area contributed by atoms with Crippen molar-refractivity contribution in [3.63, 3.8) is 0 Å². The molecule has 2 rings (SSSR count). The van der Waals surface area contributed by atoms with Gasteiger partial charge in [0.1, 0.15) is 0 Å². The molecular formula is C17H25NO2. The summed E-state index contributed by atoms with van der Waals surface area (Å²) in [5.74, 6) is 0.256. The minimum Gasteiger partial charge on any atom is -0.389 e. The minimum absolute atomic E-state index is 0.0339. The molecule has 3 nitrogen and oxygen atoms in total. The van der Waals surface area contributed by atoms with Gasteiger partial charge in [-0.3, -0.25) is 4.79 Å². The molecule has 1 aliphatic rings. The van der Waals surface area contributed by atoms with E-state index in [2.05, 4.69) is 43.4 Å². The second-order valence-electron chi connectivity index (χ2n) is 6.22. The predicted molar refractivity (Wildman–Crippen MR) is 80.6 cm³/mol. The molecule has 0 aliphatic heterocycles. The van der Waals surface area contributed by atoms with E-state index < -0.39 is 5.60 Å². The molecule has 0 heterocycles. The third kappa shape index (κ3) is 4.07. The van der Waals surface area contributed by atoms with Crippen molar-refractivity contribution in [1.29, 1.82) is 0 Å². The fourth-order valence-electron chi connectivity index (χ4n) is 2.85. The number of carbonyl (C=O) groups is 1. The molecule has 0 saturated heterocycles. The van der Waals surface area contributed by atoms with Crippen molar-refractivity contribution in [3.05, 3.63) is 35.4 Å². The Hall–Kier alpha value is -1.35. The van der Waals surface area contributed by atoms with E-state index >= 15 is 0 Å². The lowest BCUT2D eigenvalue weighted by Gasteiger charge is -2.22. The molecule has 1 atom stereocenters. The van der Waals surface area contributed by atoms with Gasteiger partial charge in [-0.1, -0.05) is 49.6 Å². The molecule has 1 saturated carbocycles. The van der Waals surface area contributed by atoms with Crippen molar-refractivity contribution in [1.82, 2.24) is 5.32 Å². The van der Waals surface area contributed by atoms with Crippen LogP contribution < -0.4 is 5.32 Å². The van der Waals surface area contributed by atoms with Crippen LogP contribution in [0.5, 0.6) is 0 Å². The second-order valence-corrected chi connectivity index (χ2v) is 6.22. The number of benzene rings is 1. The number of hydrogen-bond acceptors (Lipinski definition) is 2. The van der Waals surface area contributed by atoms with Crippen LogP contribution >= 0.6 is 0 Å². The van der Waals surface area contributed by atoms with E-state index in [-0.39, 0.29) is 18.2 Å². The summed E-state index contributed by atoms with van der Waals surface area (Å²) < 4.78 is 0. The van der Waals surface area contributed by atoms with Crippen LogP contribution in [0, 0.1) is 6.92 Å². The van der Waals surface area contributed by atoms with Gasteiger partial charge in [-0.25, -0.2) is 0 Å².